The number of aliphatic imine (C=N–C) groups is 1. The highest BCUT2D eigenvalue weighted by Gasteiger charge is 2.22. The Balaban J connectivity index is 0.00000529. The summed E-state index contributed by atoms with van der Waals surface area (Å²) in [7, 11) is 0. The zero-order valence-electron chi connectivity index (χ0n) is 15.5. The van der Waals surface area contributed by atoms with E-state index in [-0.39, 0.29) is 24.0 Å². The lowest BCUT2D eigenvalue weighted by Crippen LogP contribution is -2.46. The molecule has 0 radical (unpaired) electrons. The predicted molar refractivity (Wildman–Crippen MR) is 117 cm³/mol. The van der Waals surface area contributed by atoms with E-state index >= 15 is 0 Å². The average molecular weight is 465 g/mol. The minimum absolute atomic E-state index is 0. The maximum Gasteiger partial charge on any atom is 0.191 e. The van der Waals surface area contributed by atoms with Crippen LogP contribution < -0.4 is 10.6 Å². The molecule has 6 heteroatoms. The molecule has 3 N–H and O–H groups in total. The van der Waals surface area contributed by atoms with Crippen molar-refractivity contribution in [2.24, 2.45) is 4.99 Å². The summed E-state index contributed by atoms with van der Waals surface area (Å²) in [5.74, 6) is 0.750. The molecule has 0 aliphatic heterocycles. The van der Waals surface area contributed by atoms with Gasteiger partial charge in [0.25, 0.3) is 0 Å². The molecular weight excluding hydrogens is 433 g/mol. The molecule has 0 saturated carbocycles. The first-order chi connectivity index (χ1) is 11.0. The molecule has 0 bridgehead atoms. The van der Waals surface area contributed by atoms with E-state index in [1.807, 2.05) is 20.8 Å². The number of nitrogens with one attached hydrogen (secondary N) is 2. The van der Waals surface area contributed by atoms with Crippen molar-refractivity contribution in [3.05, 3.63) is 29.3 Å². The van der Waals surface area contributed by atoms with Gasteiger partial charge in [0.2, 0.25) is 0 Å². The van der Waals surface area contributed by atoms with Crippen molar-refractivity contribution < 1.29 is 5.11 Å². The van der Waals surface area contributed by atoms with Gasteiger partial charge in [-0.05, 0) is 50.1 Å². The molecule has 0 aliphatic rings. The van der Waals surface area contributed by atoms with Gasteiger partial charge in [-0.3, -0.25) is 0 Å². The van der Waals surface area contributed by atoms with Crippen LogP contribution in [0, 0.1) is 6.92 Å². The Labute approximate surface area is 168 Å². The van der Waals surface area contributed by atoms with Crippen LogP contribution in [0.4, 0.5) is 0 Å². The number of nitrogens with zero attached hydrogens (tertiary/aromatic N) is 1. The van der Waals surface area contributed by atoms with Crippen molar-refractivity contribution >= 4 is 41.7 Å². The van der Waals surface area contributed by atoms with Crippen molar-refractivity contribution in [3.63, 3.8) is 0 Å². The van der Waals surface area contributed by atoms with E-state index in [4.69, 9.17) is 0 Å². The molecule has 1 rings (SSSR count). The lowest BCUT2D eigenvalue weighted by Gasteiger charge is -2.26. The zero-order valence-corrected chi connectivity index (χ0v) is 18.6. The van der Waals surface area contributed by atoms with Crippen molar-refractivity contribution in [2.45, 2.75) is 57.6 Å². The van der Waals surface area contributed by atoms with Crippen LogP contribution in [0.5, 0.6) is 0 Å². The zero-order chi connectivity index (χ0) is 17.3. The maximum atomic E-state index is 10.4. The van der Waals surface area contributed by atoms with Gasteiger partial charge in [-0.1, -0.05) is 26.0 Å². The van der Waals surface area contributed by atoms with Crippen LogP contribution in [0.3, 0.4) is 0 Å². The number of hydrogen-bond acceptors (Lipinski definition) is 3. The third-order valence-electron chi connectivity index (χ3n) is 4.10. The Hall–Kier alpha value is -0.470. The lowest BCUT2D eigenvalue weighted by molar-refractivity contribution is 0.0367. The molecule has 4 nitrogen and oxygen atoms in total. The van der Waals surface area contributed by atoms with Crippen LogP contribution in [0.15, 0.2) is 28.1 Å². The number of aryl methyl sites for hydroxylation is 1. The van der Waals surface area contributed by atoms with E-state index in [1.54, 1.807) is 11.8 Å². The summed E-state index contributed by atoms with van der Waals surface area (Å²) in [6, 6.07) is 6.46. The fourth-order valence-electron chi connectivity index (χ4n) is 2.24. The number of guanidine groups is 1. The molecule has 0 fully saturated rings. The van der Waals surface area contributed by atoms with Crippen molar-refractivity contribution in [1.29, 1.82) is 0 Å². The third kappa shape index (κ3) is 7.61. The first-order valence-corrected chi connectivity index (χ1v) is 9.58. The van der Waals surface area contributed by atoms with E-state index in [0.29, 0.717) is 13.1 Å². The van der Waals surface area contributed by atoms with Gasteiger partial charge in [0, 0.05) is 18.0 Å². The topological polar surface area (TPSA) is 56.7 Å². The fraction of sp³-hybridized carbons (Fsp3) is 0.611. The van der Waals surface area contributed by atoms with Crippen molar-refractivity contribution in [3.8, 4) is 0 Å². The standard InChI is InChI=1S/C18H31N3OS.HI/c1-6-18(22,7-2)13-21-17(19-8-3)20-12-15-10-9-14(4)11-16(15)23-5;/h9-11,22H,6-8,12-13H2,1-5H3,(H2,19,20,21);1H. The molecule has 0 aliphatic carbocycles. The molecule has 0 saturated heterocycles. The smallest absolute Gasteiger partial charge is 0.191 e. The van der Waals surface area contributed by atoms with Gasteiger partial charge in [0.1, 0.15) is 0 Å². The summed E-state index contributed by atoms with van der Waals surface area (Å²) < 4.78 is 0. The van der Waals surface area contributed by atoms with E-state index in [9.17, 15) is 5.11 Å². The Kier molecular flexibility index (Phi) is 11.7. The highest BCUT2D eigenvalue weighted by molar-refractivity contribution is 14.0. The quantitative estimate of drug-likeness (QED) is 0.236. The van der Waals surface area contributed by atoms with Crippen LogP contribution in [0.2, 0.25) is 0 Å². The van der Waals surface area contributed by atoms with Gasteiger partial charge >= 0.3 is 0 Å². The molecule has 1 aromatic carbocycles. The molecule has 0 spiro atoms. The van der Waals surface area contributed by atoms with Gasteiger partial charge in [-0.25, -0.2) is 4.99 Å². The Morgan fingerprint density at radius 1 is 1.21 bits per heavy atom. The minimum atomic E-state index is -0.676. The van der Waals surface area contributed by atoms with Crippen molar-refractivity contribution in [1.82, 2.24) is 10.6 Å². The van der Waals surface area contributed by atoms with Gasteiger partial charge in [-0.15, -0.1) is 35.7 Å². The molecular formula is C18H32IN3OS. The van der Waals surface area contributed by atoms with Gasteiger partial charge in [-0.2, -0.15) is 0 Å². The molecule has 138 valence electrons. The highest BCUT2D eigenvalue weighted by Crippen LogP contribution is 2.22. The second-order valence-corrected chi connectivity index (χ2v) is 6.64. The molecule has 0 unspecified atom stereocenters. The second kappa shape index (κ2) is 12.0. The normalized spacial score (nSPS) is 11.8. The summed E-state index contributed by atoms with van der Waals surface area (Å²) in [4.78, 5) is 5.93. The first-order valence-electron chi connectivity index (χ1n) is 8.36. The van der Waals surface area contributed by atoms with E-state index < -0.39 is 5.60 Å². The van der Waals surface area contributed by atoms with Crippen LogP contribution in [0.1, 0.15) is 44.7 Å². The minimum Gasteiger partial charge on any atom is -0.388 e. The molecule has 0 atom stereocenters. The maximum absolute atomic E-state index is 10.4. The Bertz CT molecular complexity index is 519. The average Bonchev–Trinajstić information content (AvgIpc) is 2.57. The molecule has 24 heavy (non-hydrogen) atoms. The summed E-state index contributed by atoms with van der Waals surface area (Å²) in [6.45, 7) is 10.1. The molecule has 0 amide bonds. The lowest BCUT2D eigenvalue weighted by atomic mass is 9.98. The number of aliphatic hydroxyl groups is 1. The highest BCUT2D eigenvalue weighted by atomic mass is 127. The van der Waals surface area contributed by atoms with Gasteiger partial charge in [0.15, 0.2) is 5.96 Å². The number of hydrogen-bond donors (Lipinski definition) is 3. The Morgan fingerprint density at radius 2 is 1.88 bits per heavy atom. The van der Waals surface area contributed by atoms with Crippen LogP contribution in [0.25, 0.3) is 0 Å². The molecule has 0 heterocycles. The van der Waals surface area contributed by atoms with Crippen LogP contribution >= 0.6 is 35.7 Å². The number of benzene rings is 1. The SMILES string of the molecule is CCNC(=NCc1ccc(C)cc1SC)NCC(O)(CC)CC.I. The van der Waals surface area contributed by atoms with Crippen LogP contribution in [-0.2, 0) is 6.54 Å². The fourth-order valence-corrected chi connectivity index (χ4v) is 2.94. The summed E-state index contributed by atoms with van der Waals surface area (Å²) in [5.41, 5.74) is 1.81. The molecule has 1 aromatic rings. The predicted octanol–water partition coefficient (Wildman–Crippen LogP) is 3.94. The van der Waals surface area contributed by atoms with E-state index in [0.717, 1.165) is 25.3 Å². The summed E-state index contributed by atoms with van der Waals surface area (Å²) in [6.07, 6.45) is 3.54. The third-order valence-corrected chi connectivity index (χ3v) is 4.92. The summed E-state index contributed by atoms with van der Waals surface area (Å²) >= 11 is 1.75. The Morgan fingerprint density at radius 3 is 2.42 bits per heavy atom. The first kappa shape index (κ1) is 23.5. The molecule has 0 aromatic heterocycles. The number of thioether (sulfide) groups is 1. The second-order valence-electron chi connectivity index (χ2n) is 5.80. The number of rotatable bonds is 8. The summed E-state index contributed by atoms with van der Waals surface area (Å²) in [5, 5.41) is 16.9. The van der Waals surface area contributed by atoms with Crippen molar-refractivity contribution in [2.75, 3.05) is 19.3 Å². The van der Waals surface area contributed by atoms with E-state index in [1.165, 1.54) is 16.0 Å². The number of halogens is 1. The largest absolute Gasteiger partial charge is 0.388 e. The van der Waals surface area contributed by atoms with Crippen LogP contribution in [-0.4, -0.2) is 36.0 Å². The van der Waals surface area contributed by atoms with E-state index in [2.05, 4.69) is 47.0 Å². The monoisotopic (exact) mass is 465 g/mol. The van der Waals surface area contributed by atoms with Gasteiger partial charge < -0.3 is 15.7 Å². The van der Waals surface area contributed by atoms with Gasteiger partial charge in [0.05, 0.1) is 12.1 Å².